The Morgan fingerprint density at radius 3 is 2.62 bits per heavy atom. The monoisotopic (exact) mass is 308 g/mol. The molecular formula is C16H18ClFN2O. The van der Waals surface area contributed by atoms with Gasteiger partial charge in [0.1, 0.15) is 17.7 Å². The maximum absolute atomic E-state index is 13.2. The number of hydrogen-bond donors (Lipinski definition) is 2. The van der Waals surface area contributed by atoms with E-state index in [1.807, 2.05) is 26.0 Å². The van der Waals surface area contributed by atoms with Gasteiger partial charge in [-0.05, 0) is 55.3 Å². The van der Waals surface area contributed by atoms with Crippen LogP contribution in [0.25, 0.3) is 0 Å². The number of halogens is 2. The summed E-state index contributed by atoms with van der Waals surface area (Å²) in [7, 11) is 0. The molecule has 0 spiro atoms. The Balaban J connectivity index is 2.20. The number of nitrogens with two attached hydrogens (primary N) is 1. The topological polar surface area (TPSA) is 47.3 Å². The number of hydrogen-bond acceptors (Lipinski definition) is 3. The summed E-state index contributed by atoms with van der Waals surface area (Å²) in [5.41, 5.74) is 4.45. The van der Waals surface area contributed by atoms with E-state index >= 15 is 0 Å². The smallest absolute Gasteiger partial charge is 0.123 e. The lowest BCUT2D eigenvalue weighted by molar-refractivity contribution is 0.170. The molecular weight excluding hydrogens is 291 g/mol. The fourth-order valence-corrected chi connectivity index (χ4v) is 2.47. The lowest BCUT2D eigenvalue weighted by Crippen LogP contribution is -2.38. The third-order valence-electron chi connectivity index (χ3n) is 3.33. The molecule has 0 bridgehead atoms. The fraction of sp³-hybridized carbons (Fsp3) is 0.250. The van der Waals surface area contributed by atoms with Crippen molar-refractivity contribution in [2.24, 2.45) is 5.84 Å². The molecule has 2 unspecified atom stereocenters. The Kier molecular flexibility index (Phi) is 5.17. The maximum Gasteiger partial charge on any atom is 0.123 e. The second kappa shape index (κ2) is 6.89. The van der Waals surface area contributed by atoms with Gasteiger partial charge < -0.3 is 4.74 Å². The average molecular weight is 309 g/mol. The predicted molar refractivity (Wildman–Crippen MR) is 82.7 cm³/mol. The van der Waals surface area contributed by atoms with Crippen molar-refractivity contribution in [3.8, 4) is 5.75 Å². The summed E-state index contributed by atoms with van der Waals surface area (Å²) < 4.78 is 19.1. The number of benzene rings is 2. The highest BCUT2D eigenvalue weighted by molar-refractivity contribution is 6.30. The van der Waals surface area contributed by atoms with Gasteiger partial charge in [-0.2, -0.15) is 0 Å². The number of hydrazine groups is 1. The number of aryl methyl sites for hydroxylation is 1. The highest BCUT2D eigenvalue weighted by Crippen LogP contribution is 2.25. The van der Waals surface area contributed by atoms with E-state index in [9.17, 15) is 4.39 Å². The number of rotatable bonds is 5. The molecule has 2 aromatic carbocycles. The van der Waals surface area contributed by atoms with E-state index in [0.29, 0.717) is 10.8 Å². The molecule has 0 saturated heterocycles. The molecule has 0 saturated carbocycles. The minimum absolute atomic E-state index is 0.252. The van der Waals surface area contributed by atoms with E-state index in [1.165, 1.54) is 12.1 Å². The average Bonchev–Trinajstić information content (AvgIpc) is 2.42. The van der Waals surface area contributed by atoms with Crippen LogP contribution >= 0.6 is 11.6 Å². The lowest BCUT2D eigenvalue weighted by Gasteiger charge is -2.26. The summed E-state index contributed by atoms with van der Waals surface area (Å²) >= 11 is 5.94. The molecule has 0 fully saturated rings. The normalized spacial score (nSPS) is 13.8. The second-order valence-electron chi connectivity index (χ2n) is 4.93. The van der Waals surface area contributed by atoms with Crippen molar-refractivity contribution in [3.05, 3.63) is 64.4 Å². The van der Waals surface area contributed by atoms with Crippen LogP contribution in [0.4, 0.5) is 4.39 Å². The first-order valence-electron chi connectivity index (χ1n) is 6.65. The largest absolute Gasteiger partial charge is 0.489 e. The Morgan fingerprint density at radius 2 is 2.00 bits per heavy atom. The molecule has 0 aromatic heterocycles. The number of nitrogens with one attached hydrogen (secondary N) is 1. The molecule has 0 radical (unpaired) electrons. The summed E-state index contributed by atoms with van der Waals surface area (Å²) in [4.78, 5) is 0. The molecule has 3 nitrogen and oxygen atoms in total. The zero-order valence-electron chi connectivity index (χ0n) is 11.9. The Morgan fingerprint density at radius 1 is 1.24 bits per heavy atom. The zero-order chi connectivity index (χ0) is 15.4. The molecule has 2 aromatic rings. The van der Waals surface area contributed by atoms with Crippen molar-refractivity contribution in [2.45, 2.75) is 26.0 Å². The van der Waals surface area contributed by atoms with Gasteiger partial charge in [0.2, 0.25) is 0 Å². The minimum atomic E-state index is -0.268. The first-order chi connectivity index (χ1) is 10.0. The van der Waals surface area contributed by atoms with Crippen LogP contribution in [0, 0.1) is 12.7 Å². The third kappa shape index (κ3) is 3.94. The van der Waals surface area contributed by atoms with Gasteiger partial charge in [-0.25, -0.2) is 9.82 Å². The van der Waals surface area contributed by atoms with Crippen molar-refractivity contribution >= 4 is 11.6 Å². The molecule has 112 valence electrons. The second-order valence-corrected chi connectivity index (χ2v) is 5.36. The summed E-state index contributed by atoms with van der Waals surface area (Å²) in [5.74, 6) is 6.04. The van der Waals surface area contributed by atoms with Crippen LogP contribution < -0.4 is 16.0 Å². The van der Waals surface area contributed by atoms with Crippen LogP contribution in [0.3, 0.4) is 0 Å². The van der Waals surface area contributed by atoms with E-state index in [0.717, 1.165) is 11.1 Å². The van der Waals surface area contributed by atoms with E-state index < -0.39 is 0 Å². The summed E-state index contributed by atoms with van der Waals surface area (Å²) in [6.07, 6.45) is -0.252. The van der Waals surface area contributed by atoms with Crippen molar-refractivity contribution in [1.82, 2.24) is 5.43 Å². The lowest BCUT2D eigenvalue weighted by atomic mass is 9.98. The third-order valence-corrected chi connectivity index (χ3v) is 3.57. The van der Waals surface area contributed by atoms with Crippen LogP contribution in [0.15, 0.2) is 42.5 Å². The van der Waals surface area contributed by atoms with Crippen LogP contribution in [0.2, 0.25) is 5.02 Å². The van der Waals surface area contributed by atoms with E-state index in [4.69, 9.17) is 22.2 Å². The standard InChI is InChI=1S/C16H18ClFN2O/c1-10-8-13(18)6-7-15(10)16(20-19)11(2)21-14-5-3-4-12(17)9-14/h3-9,11,16,20H,19H2,1-2H3. The van der Waals surface area contributed by atoms with Gasteiger partial charge in [0, 0.05) is 5.02 Å². The van der Waals surface area contributed by atoms with Gasteiger partial charge in [0.25, 0.3) is 0 Å². The van der Waals surface area contributed by atoms with E-state index in [1.54, 1.807) is 18.2 Å². The SMILES string of the molecule is Cc1cc(F)ccc1C(NN)C(C)Oc1cccc(Cl)c1. The van der Waals surface area contributed by atoms with Gasteiger partial charge in [-0.15, -0.1) is 0 Å². The highest BCUT2D eigenvalue weighted by atomic mass is 35.5. The maximum atomic E-state index is 13.2. The summed E-state index contributed by atoms with van der Waals surface area (Å²) in [5, 5.41) is 0.606. The number of ether oxygens (including phenoxy) is 1. The van der Waals surface area contributed by atoms with Crippen molar-refractivity contribution in [3.63, 3.8) is 0 Å². The molecule has 0 aliphatic rings. The Labute approximate surface area is 128 Å². The minimum Gasteiger partial charge on any atom is -0.489 e. The molecule has 0 aliphatic carbocycles. The molecule has 2 atom stereocenters. The van der Waals surface area contributed by atoms with Gasteiger partial charge in [-0.1, -0.05) is 23.7 Å². The van der Waals surface area contributed by atoms with Crippen LogP contribution in [-0.4, -0.2) is 6.10 Å². The predicted octanol–water partition coefficient (Wildman–Crippen LogP) is 3.76. The van der Waals surface area contributed by atoms with Gasteiger partial charge in [-0.3, -0.25) is 5.84 Å². The van der Waals surface area contributed by atoms with Gasteiger partial charge in [0.15, 0.2) is 0 Å². The van der Waals surface area contributed by atoms with Crippen LogP contribution in [0.5, 0.6) is 5.75 Å². The Bertz CT molecular complexity index is 621. The van der Waals surface area contributed by atoms with Gasteiger partial charge >= 0.3 is 0 Å². The van der Waals surface area contributed by atoms with Crippen molar-refractivity contribution < 1.29 is 9.13 Å². The Hall–Kier alpha value is -1.62. The summed E-state index contributed by atoms with van der Waals surface area (Å²) in [6.45, 7) is 3.74. The van der Waals surface area contributed by atoms with Crippen LogP contribution in [0.1, 0.15) is 24.1 Å². The van der Waals surface area contributed by atoms with Crippen molar-refractivity contribution in [1.29, 1.82) is 0 Å². The molecule has 0 amide bonds. The van der Waals surface area contributed by atoms with E-state index in [-0.39, 0.29) is 18.0 Å². The zero-order valence-corrected chi connectivity index (χ0v) is 12.7. The molecule has 5 heteroatoms. The van der Waals surface area contributed by atoms with Crippen LogP contribution in [-0.2, 0) is 0 Å². The quantitative estimate of drug-likeness (QED) is 0.653. The van der Waals surface area contributed by atoms with E-state index in [2.05, 4.69) is 5.43 Å². The summed E-state index contributed by atoms with van der Waals surface area (Å²) in [6, 6.07) is 11.5. The molecule has 0 heterocycles. The molecule has 2 rings (SSSR count). The van der Waals surface area contributed by atoms with Crippen molar-refractivity contribution in [2.75, 3.05) is 0 Å². The molecule has 3 N–H and O–H groups in total. The first-order valence-corrected chi connectivity index (χ1v) is 7.03. The molecule has 21 heavy (non-hydrogen) atoms. The molecule has 0 aliphatic heterocycles. The fourth-order valence-electron chi connectivity index (χ4n) is 2.29. The van der Waals surface area contributed by atoms with Gasteiger partial charge in [0.05, 0.1) is 6.04 Å². The first kappa shape index (κ1) is 15.8. The highest BCUT2D eigenvalue weighted by Gasteiger charge is 2.21.